The number of benzene rings is 1. The van der Waals surface area contributed by atoms with Crippen LogP contribution < -0.4 is 10.2 Å². The highest BCUT2D eigenvalue weighted by molar-refractivity contribution is 7.94. The van der Waals surface area contributed by atoms with Crippen molar-refractivity contribution in [1.82, 2.24) is 5.32 Å². The third kappa shape index (κ3) is 4.14. The molecular formula is C17H21FN2O3S. The molecule has 1 saturated heterocycles. The lowest BCUT2D eigenvalue weighted by atomic mass is 10.0. The fourth-order valence-corrected chi connectivity index (χ4v) is 4.66. The van der Waals surface area contributed by atoms with Gasteiger partial charge in [0.05, 0.1) is 11.4 Å². The molecule has 0 aliphatic carbocycles. The second-order valence-corrected chi connectivity index (χ2v) is 8.33. The molecule has 2 aliphatic heterocycles. The Balaban J connectivity index is 1.46. The zero-order valence-corrected chi connectivity index (χ0v) is 14.1. The molecule has 3 rings (SSSR count). The Morgan fingerprint density at radius 2 is 1.96 bits per heavy atom. The number of piperidine rings is 1. The van der Waals surface area contributed by atoms with Crippen LogP contribution in [0.25, 0.3) is 0 Å². The molecule has 1 aromatic carbocycles. The van der Waals surface area contributed by atoms with Crippen LogP contribution in [0.5, 0.6) is 0 Å². The number of hydrogen-bond donors (Lipinski definition) is 1. The Hall–Kier alpha value is -1.89. The Morgan fingerprint density at radius 3 is 2.58 bits per heavy atom. The number of hydrogen-bond acceptors (Lipinski definition) is 4. The van der Waals surface area contributed by atoms with E-state index in [1.165, 1.54) is 11.5 Å². The zero-order chi connectivity index (χ0) is 17.2. The molecule has 0 unspecified atom stereocenters. The molecule has 2 heterocycles. The van der Waals surface area contributed by atoms with Gasteiger partial charge in [0.15, 0.2) is 9.84 Å². The van der Waals surface area contributed by atoms with Gasteiger partial charge in [-0.1, -0.05) is 18.2 Å². The molecule has 1 fully saturated rings. The van der Waals surface area contributed by atoms with Crippen molar-refractivity contribution in [3.63, 3.8) is 0 Å². The first-order chi connectivity index (χ1) is 11.4. The van der Waals surface area contributed by atoms with Gasteiger partial charge < -0.3 is 10.2 Å². The minimum absolute atomic E-state index is 0.0200. The van der Waals surface area contributed by atoms with E-state index in [0.717, 1.165) is 12.8 Å². The first-order valence-electron chi connectivity index (χ1n) is 8.13. The number of carbonyl (C=O) groups excluding carboxylic acids is 1. The summed E-state index contributed by atoms with van der Waals surface area (Å²) in [5, 5.41) is 4.16. The number of rotatable bonds is 4. The Labute approximate surface area is 141 Å². The van der Waals surface area contributed by atoms with Gasteiger partial charge in [0, 0.05) is 36.9 Å². The van der Waals surface area contributed by atoms with Gasteiger partial charge in [0.2, 0.25) is 5.91 Å². The number of carbonyl (C=O) groups is 1. The van der Waals surface area contributed by atoms with Gasteiger partial charge in [-0.05, 0) is 25.0 Å². The third-order valence-corrected chi connectivity index (χ3v) is 5.97. The summed E-state index contributed by atoms with van der Waals surface area (Å²) in [4.78, 5) is 14.1. The maximum Gasteiger partial charge on any atom is 0.220 e. The highest BCUT2D eigenvalue weighted by Gasteiger charge is 2.26. The first-order valence-corrected chi connectivity index (χ1v) is 9.84. The molecule has 0 radical (unpaired) electrons. The minimum atomic E-state index is -3.12. The van der Waals surface area contributed by atoms with E-state index in [2.05, 4.69) is 5.32 Å². The lowest BCUT2D eigenvalue weighted by molar-refractivity contribution is -0.122. The highest BCUT2D eigenvalue weighted by Crippen LogP contribution is 2.23. The Morgan fingerprint density at radius 1 is 1.25 bits per heavy atom. The molecule has 0 saturated carbocycles. The van der Waals surface area contributed by atoms with E-state index >= 15 is 0 Å². The van der Waals surface area contributed by atoms with Gasteiger partial charge in [-0.3, -0.25) is 4.79 Å². The number of para-hydroxylation sites is 1. The second kappa shape index (κ2) is 6.93. The predicted molar refractivity (Wildman–Crippen MR) is 90.8 cm³/mol. The molecule has 130 valence electrons. The van der Waals surface area contributed by atoms with Crippen molar-refractivity contribution < 1.29 is 17.6 Å². The second-order valence-electron chi connectivity index (χ2n) is 6.40. The summed E-state index contributed by atoms with van der Waals surface area (Å²) >= 11 is 0. The van der Waals surface area contributed by atoms with Crippen molar-refractivity contribution in [3.05, 3.63) is 41.6 Å². The van der Waals surface area contributed by atoms with E-state index in [1.807, 2.05) is 11.0 Å². The number of amides is 1. The van der Waals surface area contributed by atoms with Crippen LogP contribution >= 0.6 is 0 Å². The monoisotopic (exact) mass is 352 g/mol. The lowest BCUT2D eigenvalue weighted by Crippen LogP contribution is -2.45. The van der Waals surface area contributed by atoms with Gasteiger partial charge >= 0.3 is 0 Å². The third-order valence-electron chi connectivity index (χ3n) is 4.51. The molecule has 0 aromatic heterocycles. The average molecular weight is 352 g/mol. The van der Waals surface area contributed by atoms with E-state index in [-0.39, 0.29) is 35.9 Å². The molecule has 0 spiro atoms. The van der Waals surface area contributed by atoms with Crippen molar-refractivity contribution in [3.8, 4) is 0 Å². The summed E-state index contributed by atoms with van der Waals surface area (Å²) in [5.74, 6) is -0.555. The predicted octanol–water partition coefficient (Wildman–Crippen LogP) is 1.86. The molecule has 1 aromatic rings. The standard InChI is InChI=1S/C17H21FN2O3S/c18-15-3-1-2-4-16(15)20-8-5-14(6-9-20)19-17(21)11-13-7-10-24(22,23)12-13/h1-4,7,10,13-14H,5-6,8-9,11-12H2,(H,19,21)/t13-/m1/s1. The Bertz CT molecular complexity index is 740. The summed E-state index contributed by atoms with van der Waals surface area (Å²) < 4.78 is 36.5. The van der Waals surface area contributed by atoms with Gasteiger partial charge in [-0.2, -0.15) is 0 Å². The minimum Gasteiger partial charge on any atom is -0.369 e. The fraction of sp³-hybridized carbons (Fsp3) is 0.471. The molecular weight excluding hydrogens is 331 g/mol. The zero-order valence-electron chi connectivity index (χ0n) is 13.3. The summed E-state index contributed by atoms with van der Waals surface area (Å²) in [7, 11) is -3.12. The van der Waals surface area contributed by atoms with E-state index in [0.29, 0.717) is 18.8 Å². The van der Waals surface area contributed by atoms with Crippen LogP contribution in [0.1, 0.15) is 19.3 Å². The van der Waals surface area contributed by atoms with Gasteiger partial charge in [0.25, 0.3) is 0 Å². The number of nitrogens with zero attached hydrogens (tertiary/aromatic N) is 1. The summed E-state index contributed by atoms with van der Waals surface area (Å²) in [6.07, 6.45) is 3.29. The largest absolute Gasteiger partial charge is 0.369 e. The SMILES string of the molecule is O=C(C[C@H]1C=CS(=O)(=O)C1)NC1CCN(c2ccccc2F)CC1. The van der Waals surface area contributed by atoms with Crippen LogP contribution in [-0.4, -0.2) is 39.2 Å². The Kier molecular flexibility index (Phi) is 4.89. The van der Waals surface area contributed by atoms with Crippen LogP contribution in [-0.2, 0) is 14.6 Å². The van der Waals surface area contributed by atoms with E-state index in [9.17, 15) is 17.6 Å². The molecule has 1 N–H and O–H groups in total. The van der Waals surface area contributed by atoms with Crippen LogP contribution in [0.4, 0.5) is 10.1 Å². The molecule has 1 amide bonds. The van der Waals surface area contributed by atoms with Crippen molar-refractivity contribution in [2.45, 2.75) is 25.3 Å². The molecule has 0 bridgehead atoms. The van der Waals surface area contributed by atoms with Crippen molar-refractivity contribution in [2.75, 3.05) is 23.7 Å². The van der Waals surface area contributed by atoms with Crippen molar-refractivity contribution in [1.29, 1.82) is 0 Å². The maximum atomic E-state index is 13.8. The van der Waals surface area contributed by atoms with Crippen molar-refractivity contribution >= 4 is 21.4 Å². The summed E-state index contributed by atoms with van der Waals surface area (Å²) in [6.45, 7) is 1.37. The van der Waals surface area contributed by atoms with Crippen LogP contribution in [0.3, 0.4) is 0 Å². The molecule has 2 aliphatic rings. The van der Waals surface area contributed by atoms with Crippen LogP contribution in [0.15, 0.2) is 35.7 Å². The maximum absolute atomic E-state index is 13.8. The number of nitrogens with one attached hydrogen (secondary N) is 1. The smallest absolute Gasteiger partial charge is 0.220 e. The van der Waals surface area contributed by atoms with Gasteiger partial charge in [0.1, 0.15) is 5.82 Å². The highest BCUT2D eigenvalue weighted by atomic mass is 32.2. The van der Waals surface area contributed by atoms with Gasteiger partial charge in [-0.25, -0.2) is 12.8 Å². The topological polar surface area (TPSA) is 66.5 Å². The molecule has 5 nitrogen and oxygen atoms in total. The average Bonchev–Trinajstić information content (AvgIpc) is 2.87. The van der Waals surface area contributed by atoms with E-state index in [1.54, 1.807) is 18.2 Å². The number of halogens is 1. The van der Waals surface area contributed by atoms with Crippen molar-refractivity contribution in [2.24, 2.45) is 5.92 Å². The van der Waals surface area contributed by atoms with E-state index < -0.39 is 9.84 Å². The molecule has 24 heavy (non-hydrogen) atoms. The fourth-order valence-electron chi connectivity index (χ4n) is 3.26. The summed E-state index contributed by atoms with van der Waals surface area (Å²) in [6, 6.07) is 6.76. The molecule has 1 atom stereocenters. The number of anilines is 1. The summed E-state index contributed by atoms with van der Waals surface area (Å²) in [5.41, 5.74) is 0.601. The first kappa shape index (κ1) is 17.0. The molecule has 7 heteroatoms. The lowest BCUT2D eigenvalue weighted by Gasteiger charge is -2.34. The normalized spacial score (nSPS) is 23.4. The number of allylic oxidation sites excluding steroid dienone is 1. The van der Waals surface area contributed by atoms with Crippen LogP contribution in [0, 0.1) is 11.7 Å². The van der Waals surface area contributed by atoms with Crippen LogP contribution in [0.2, 0.25) is 0 Å². The quantitative estimate of drug-likeness (QED) is 0.898. The van der Waals surface area contributed by atoms with E-state index in [4.69, 9.17) is 0 Å². The van der Waals surface area contributed by atoms with Gasteiger partial charge in [-0.15, -0.1) is 0 Å². The number of sulfone groups is 1.